The first-order chi connectivity index (χ1) is 9.67. The number of aryl methyl sites for hydroxylation is 1. The van der Waals surface area contributed by atoms with E-state index in [1.807, 2.05) is 12.1 Å². The van der Waals surface area contributed by atoms with Crippen LogP contribution in [0, 0.1) is 5.82 Å². The minimum absolute atomic E-state index is 0.176. The van der Waals surface area contributed by atoms with Gasteiger partial charge in [-0.25, -0.2) is 4.39 Å². The maximum atomic E-state index is 12.8. The molecule has 0 amide bonds. The van der Waals surface area contributed by atoms with Gasteiger partial charge in [-0.15, -0.1) is 0 Å². The van der Waals surface area contributed by atoms with Crippen molar-refractivity contribution in [1.82, 2.24) is 5.32 Å². The van der Waals surface area contributed by atoms with Crippen molar-refractivity contribution in [2.24, 2.45) is 0 Å². The fourth-order valence-electron chi connectivity index (χ4n) is 2.23. The summed E-state index contributed by atoms with van der Waals surface area (Å²) in [6.45, 7) is 5.19. The van der Waals surface area contributed by atoms with Gasteiger partial charge in [0.05, 0.1) is 0 Å². The van der Waals surface area contributed by atoms with E-state index >= 15 is 0 Å². The zero-order valence-electron chi connectivity index (χ0n) is 12.2. The second-order valence-corrected chi connectivity index (χ2v) is 5.28. The van der Waals surface area contributed by atoms with Crippen molar-refractivity contribution >= 4 is 0 Å². The van der Waals surface area contributed by atoms with E-state index in [4.69, 9.17) is 0 Å². The van der Waals surface area contributed by atoms with E-state index in [0.29, 0.717) is 6.04 Å². The Morgan fingerprint density at radius 2 is 1.45 bits per heavy atom. The highest BCUT2D eigenvalue weighted by atomic mass is 19.1. The summed E-state index contributed by atoms with van der Waals surface area (Å²) in [6.07, 6.45) is 1.99. The van der Waals surface area contributed by atoms with E-state index in [2.05, 4.69) is 43.4 Å². The number of rotatable bonds is 6. The minimum Gasteiger partial charge on any atom is -0.310 e. The van der Waals surface area contributed by atoms with Crippen LogP contribution in [0.15, 0.2) is 48.5 Å². The van der Waals surface area contributed by atoms with Crippen molar-refractivity contribution in [3.63, 3.8) is 0 Å². The molecule has 1 atom stereocenters. The van der Waals surface area contributed by atoms with Crippen LogP contribution in [0.1, 0.15) is 30.5 Å². The molecule has 0 aliphatic carbocycles. The molecule has 0 saturated carbocycles. The SMILES string of the molecule is CCc1ccc(CNC(C)Cc2ccc(F)cc2)cc1. The van der Waals surface area contributed by atoms with Gasteiger partial charge in [-0.3, -0.25) is 0 Å². The molecule has 0 aliphatic heterocycles. The molecular weight excluding hydrogens is 249 g/mol. The summed E-state index contributed by atoms with van der Waals surface area (Å²) < 4.78 is 12.8. The van der Waals surface area contributed by atoms with Crippen LogP contribution in [0.5, 0.6) is 0 Å². The Kier molecular flexibility index (Phi) is 5.31. The van der Waals surface area contributed by atoms with Crippen LogP contribution < -0.4 is 5.32 Å². The van der Waals surface area contributed by atoms with Gasteiger partial charge in [0.15, 0.2) is 0 Å². The van der Waals surface area contributed by atoms with Gasteiger partial charge in [0.2, 0.25) is 0 Å². The number of hydrogen-bond donors (Lipinski definition) is 1. The summed E-state index contributed by atoms with van der Waals surface area (Å²) in [6, 6.07) is 15.8. The zero-order chi connectivity index (χ0) is 14.4. The van der Waals surface area contributed by atoms with E-state index in [9.17, 15) is 4.39 Å². The van der Waals surface area contributed by atoms with Crippen LogP contribution in [0.2, 0.25) is 0 Å². The second-order valence-electron chi connectivity index (χ2n) is 5.28. The molecule has 0 saturated heterocycles. The van der Waals surface area contributed by atoms with Crippen LogP contribution in [-0.4, -0.2) is 6.04 Å². The Hall–Kier alpha value is -1.67. The number of halogens is 1. The highest BCUT2D eigenvalue weighted by Gasteiger charge is 2.03. The topological polar surface area (TPSA) is 12.0 Å². The summed E-state index contributed by atoms with van der Waals surface area (Å²) in [5.41, 5.74) is 3.83. The predicted octanol–water partition coefficient (Wildman–Crippen LogP) is 4.11. The summed E-state index contributed by atoms with van der Waals surface area (Å²) in [5, 5.41) is 3.51. The molecule has 2 aromatic rings. The quantitative estimate of drug-likeness (QED) is 0.833. The minimum atomic E-state index is -0.176. The fourth-order valence-corrected chi connectivity index (χ4v) is 2.23. The molecule has 20 heavy (non-hydrogen) atoms. The van der Waals surface area contributed by atoms with Crippen LogP contribution in [0.25, 0.3) is 0 Å². The lowest BCUT2D eigenvalue weighted by Crippen LogP contribution is -2.27. The van der Waals surface area contributed by atoms with Gasteiger partial charge < -0.3 is 5.32 Å². The highest BCUT2D eigenvalue weighted by Crippen LogP contribution is 2.08. The lowest BCUT2D eigenvalue weighted by atomic mass is 10.1. The molecule has 106 valence electrons. The van der Waals surface area contributed by atoms with Crippen molar-refractivity contribution in [1.29, 1.82) is 0 Å². The molecule has 2 rings (SSSR count). The van der Waals surface area contributed by atoms with E-state index in [-0.39, 0.29) is 5.82 Å². The largest absolute Gasteiger partial charge is 0.310 e. The van der Waals surface area contributed by atoms with Gasteiger partial charge in [-0.05, 0) is 48.6 Å². The van der Waals surface area contributed by atoms with Gasteiger partial charge in [0, 0.05) is 12.6 Å². The average Bonchev–Trinajstić information content (AvgIpc) is 2.48. The first-order valence-corrected chi connectivity index (χ1v) is 7.23. The lowest BCUT2D eigenvalue weighted by molar-refractivity contribution is 0.544. The molecule has 0 spiro atoms. The first kappa shape index (κ1) is 14.7. The molecule has 2 aromatic carbocycles. The molecule has 0 aliphatic rings. The van der Waals surface area contributed by atoms with Crippen molar-refractivity contribution in [2.75, 3.05) is 0 Å². The number of nitrogens with one attached hydrogen (secondary N) is 1. The molecule has 0 heterocycles. The van der Waals surface area contributed by atoms with Gasteiger partial charge >= 0.3 is 0 Å². The summed E-state index contributed by atoms with van der Waals surface area (Å²) in [4.78, 5) is 0. The van der Waals surface area contributed by atoms with Gasteiger partial charge in [0.1, 0.15) is 5.82 Å². The smallest absolute Gasteiger partial charge is 0.123 e. The normalized spacial score (nSPS) is 12.3. The molecule has 0 bridgehead atoms. The highest BCUT2D eigenvalue weighted by molar-refractivity contribution is 5.22. The molecule has 1 unspecified atom stereocenters. The van der Waals surface area contributed by atoms with Crippen LogP contribution in [0.4, 0.5) is 4.39 Å². The molecule has 0 aromatic heterocycles. The Morgan fingerprint density at radius 1 is 0.900 bits per heavy atom. The Bertz CT molecular complexity index is 516. The Balaban J connectivity index is 1.82. The Morgan fingerprint density at radius 3 is 2.05 bits per heavy atom. The fraction of sp³-hybridized carbons (Fsp3) is 0.333. The maximum Gasteiger partial charge on any atom is 0.123 e. The van der Waals surface area contributed by atoms with Crippen LogP contribution >= 0.6 is 0 Å². The Labute approximate surface area is 120 Å². The standard InChI is InChI=1S/C18H22FN/c1-3-15-4-6-17(7-5-15)13-20-14(2)12-16-8-10-18(19)11-9-16/h4-11,14,20H,3,12-13H2,1-2H3. The molecule has 2 heteroatoms. The van der Waals surface area contributed by atoms with E-state index in [1.54, 1.807) is 0 Å². The predicted molar refractivity (Wildman–Crippen MR) is 82.2 cm³/mol. The molecule has 1 N–H and O–H groups in total. The monoisotopic (exact) mass is 271 g/mol. The van der Waals surface area contributed by atoms with Crippen molar-refractivity contribution in [3.8, 4) is 0 Å². The number of benzene rings is 2. The van der Waals surface area contributed by atoms with Gasteiger partial charge in [-0.2, -0.15) is 0 Å². The third-order valence-electron chi connectivity index (χ3n) is 3.54. The molecule has 1 nitrogen and oxygen atoms in total. The van der Waals surface area contributed by atoms with Gasteiger partial charge in [0.25, 0.3) is 0 Å². The summed E-state index contributed by atoms with van der Waals surface area (Å²) in [7, 11) is 0. The van der Waals surface area contributed by atoms with Crippen LogP contribution in [0.3, 0.4) is 0 Å². The van der Waals surface area contributed by atoms with E-state index in [1.165, 1.54) is 23.3 Å². The van der Waals surface area contributed by atoms with Crippen LogP contribution in [-0.2, 0) is 19.4 Å². The molecule has 0 radical (unpaired) electrons. The molecule has 0 fully saturated rings. The maximum absolute atomic E-state index is 12.8. The first-order valence-electron chi connectivity index (χ1n) is 7.23. The summed E-state index contributed by atoms with van der Waals surface area (Å²) >= 11 is 0. The molecular formula is C18H22FN. The average molecular weight is 271 g/mol. The third kappa shape index (κ3) is 4.46. The van der Waals surface area contributed by atoms with Crippen molar-refractivity contribution < 1.29 is 4.39 Å². The summed E-state index contributed by atoms with van der Waals surface area (Å²) in [5.74, 6) is -0.176. The van der Waals surface area contributed by atoms with Gasteiger partial charge in [-0.1, -0.05) is 43.3 Å². The van der Waals surface area contributed by atoms with E-state index in [0.717, 1.165) is 24.9 Å². The van der Waals surface area contributed by atoms with Crippen molar-refractivity contribution in [2.45, 2.75) is 39.3 Å². The number of hydrogen-bond acceptors (Lipinski definition) is 1. The van der Waals surface area contributed by atoms with E-state index < -0.39 is 0 Å². The van der Waals surface area contributed by atoms with Crippen molar-refractivity contribution in [3.05, 3.63) is 71.0 Å². The zero-order valence-corrected chi connectivity index (χ0v) is 12.2. The third-order valence-corrected chi connectivity index (χ3v) is 3.54. The lowest BCUT2D eigenvalue weighted by Gasteiger charge is -2.14. The second kappa shape index (κ2) is 7.20.